The molecule has 1 fully saturated rings. The third-order valence-electron chi connectivity index (χ3n) is 9.22. The number of sulfone groups is 1. The molecule has 1 unspecified atom stereocenters. The maximum absolute atomic E-state index is 12.7. The van der Waals surface area contributed by atoms with Gasteiger partial charge < -0.3 is 23.8 Å². The highest BCUT2D eigenvalue weighted by Crippen LogP contribution is 2.41. The van der Waals surface area contributed by atoms with Crippen LogP contribution in [0, 0.1) is 0 Å². The molecule has 1 heterocycles. The zero-order chi connectivity index (χ0) is 37.8. The Morgan fingerprint density at radius 3 is 2.13 bits per heavy atom. The minimum absolute atomic E-state index is 0.0301. The smallest absolute Gasteiger partial charge is 0.410 e. The minimum Gasteiger partial charge on any atom is -0.492 e. The fourth-order valence-electron chi connectivity index (χ4n) is 6.42. The van der Waals surface area contributed by atoms with Gasteiger partial charge in [0.1, 0.15) is 41.8 Å². The molecule has 0 spiro atoms. The molecule has 1 aliphatic heterocycles. The molecule has 1 aliphatic rings. The van der Waals surface area contributed by atoms with Gasteiger partial charge in [-0.25, -0.2) is 13.2 Å². The lowest BCUT2D eigenvalue weighted by atomic mass is 9.99. The van der Waals surface area contributed by atoms with Crippen molar-refractivity contribution in [3.05, 3.63) is 115 Å². The number of ether oxygens (including phenoxy) is 4. The van der Waals surface area contributed by atoms with E-state index >= 15 is 0 Å². The molecule has 0 radical (unpaired) electrons. The number of nitrogens with zero attached hydrogens (tertiary/aromatic N) is 2. The molecule has 1 saturated heterocycles. The van der Waals surface area contributed by atoms with Crippen molar-refractivity contribution >= 4 is 26.7 Å². The molecule has 278 valence electrons. The lowest BCUT2D eigenvalue weighted by Crippen LogP contribution is -2.59. The first-order chi connectivity index (χ1) is 25.2. The third kappa shape index (κ3) is 9.68. The van der Waals surface area contributed by atoms with Crippen molar-refractivity contribution in [2.45, 2.75) is 63.8 Å². The Hall–Kier alpha value is -5.06. The molecular weight excluding hydrogens is 689 g/mol. The Morgan fingerprint density at radius 2 is 1.45 bits per heavy atom. The van der Waals surface area contributed by atoms with Crippen LogP contribution < -0.4 is 14.2 Å². The average molecular weight is 737 g/mol. The van der Waals surface area contributed by atoms with Crippen LogP contribution in [0.4, 0.5) is 4.79 Å². The van der Waals surface area contributed by atoms with Crippen LogP contribution in [0.15, 0.2) is 114 Å². The summed E-state index contributed by atoms with van der Waals surface area (Å²) in [4.78, 5) is 17.1. The molecule has 10 heteroatoms. The van der Waals surface area contributed by atoms with E-state index in [-0.39, 0.29) is 23.1 Å². The predicted molar refractivity (Wildman–Crippen MR) is 209 cm³/mol. The molecule has 0 aliphatic carbocycles. The second-order valence-electron chi connectivity index (χ2n) is 14.6. The standard InChI is InChI=1S/C43H48N2O7S/c1-30-28-45(42(46)52-43(3,4)5)31(2)27-44(30)24-25-49-35-15-17-36(18-16-35)51-41-39(33-12-20-38(21-13-33)53(6,47)48)22-14-34-26-37(19-23-40(34)41)50-29-32-10-8-7-9-11-32/h7-23,26,30-31H,24-25,27-29H2,1-6H3/t30?,31-/m0/s1. The van der Waals surface area contributed by atoms with Crippen molar-refractivity contribution in [2.75, 3.05) is 32.5 Å². The quantitative estimate of drug-likeness (QED) is 0.133. The molecule has 0 bridgehead atoms. The van der Waals surface area contributed by atoms with Gasteiger partial charge in [0.05, 0.1) is 4.90 Å². The first-order valence-corrected chi connectivity index (χ1v) is 19.8. The van der Waals surface area contributed by atoms with Crippen molar-refractivity contribution in [1.29, 1.82) is 0 Å². The predicted octanol–water partition coefficient (Wildman–Crippen LogP) is 8.99. The molecule has 9 nitrogen and oxygen atoms in total. The number of benzene rings is 5. The Labute approximate surface area is 313 Å². The van der Waals surface area contributed by atoms with E-state index in [1.807, 2.05) is 118 Å². The zero-order valence-electron chi connectivity index (χ0n) is 31.2. The van der Waals surface area contributed by atoms with Gasteiger partial charge in [-0.3, -0.25) is 4.90 Å². The van der Waals surface area contributed by atoms with E-state index in [0.717, 1.165) is 52.1 Å². The largest absolute Gasteiger partial charge is 0.492 e. The third-order valence-corrected chi connectivity index (χ3v) is 10.3. The van der Waals surface area contributed by atoms with Crippen LogP contribution in [0.5, 0.6) is 23.0 Å². The topological polar surface area (TPSA) is 94.6 Å². The summed E-state index contributed by atoms with van der Waals surface area (Å²) in [7, 11) is -3.34. The summed E-state index contributed by atoms with van der Waals surface area (Å²) < 4.78 is 48.8. The second kappa shape index (κ2) is 15.9. The number of carbonyl (C=O) groups excluding carboxylic acids is 1. The number of fused-ring (bicyclic) bond motifs is 1. The van der Waals surface area contributed by atoms with Gasteiger partial charge in [0.15, 0.2) is 9.84 Å². The van der Waals surface area contributed by atoms with Gasteiger partial charge in [0.2, 0.25) is 0 Å². The van der Waals surface area contributed by atoms with Crippen LogP contribution in [0.1, 0.15) is 40.2 Å². The zero-order valence-corrected chi connectivity index (χ0v) is 32.1. The van der Waals surface area contributed by atoms with Gasteiger partial charge in [-0.2, -0.15) is 0 Å². The summed E-state index contributed by atoms with van der Waals surface area (Å²) in [5, 5.41) is 1.83. The summed E-state index contributed by atoms with van der Waals surface area (Å²) in [6.45, 7) is 12.8. The van der Waals surface area contributed by atoms with Crippen molar-refractivity contribution in [3.8, 4) is 34.1 Å². The van der Waals surface area contributed by atoms with E-state index in [9.17, 15) is 13.2 Å². The van der Waals surface area contributed by atoms with E-state index in [2.05, 4.69) is 11.8 Å². The number of piperazine rings is 1. The van der Waals surface area contributed by atoms with Crippen molar-refractivity contribution in [2.24, 2.45) is 0 Å². The summed E-state index contributed by atoms with van der Waals surface area (Å²) in [5.74, 6) is 2.74. The van der Waals surface area contributed by atoms with Gasteiger partial charge in [-0.15, -0.1) is 0 Å². The molecule has 2 atom stereocenters. The Morgan fingerprint density at radius 1 is 0.774 bits per heavy atom. The van der Waals surface area contributed by atoms with Crippen LogP contribution in [-0.2, 0) is 21.2 Å². The van der Waals surface area contributed by atoms with E-state index in [1.165, 1.54) is 6.26 Å². The maximum Gasteiger partial charge on any atom is 0.410 e. The average Bonchev–Trinajstić information content (AvgIpc) is 3.12. The Kier molecular flexibility index (Phi) is 11.3. The van der Waals surface area contributed by atoms with E-state index in [4.69, 9.17) is 18.9 Å². The molecule has 0 saturated carbocycles. The van der Waals surface area contributed by atoms with Gasteiger partial charge in [-0.1, -0.05) is 48.5 Å². The van der Waals surface area contributed by atoms with Crippen LogP contribution in [0.25, 0.3) is 21.9 Å². The number of amides is 1. The van der Waals surface area contributed by atoms with E-state index < -0.39 is 15.4 Å². The first kappa shape index (κ1) is 37.7. The first-order valence-electron chi connectivity index (χ1n) is 17.9. The fourth-order valence-corrected chi connectivity index (χ4v) is 7.05. The molecule has 0 aromatic heterocycles. The highest BCUT2D eigenvalue weighted by molar-refractivity contribution is 7.90. The minimum atomic E-state index is -3.34. The number of hydrogen-bond acceptors (Lipinski definition) is 8. The lowest BCUT2D eigenvalue weighted by Gasteiger charge is -2.44. The molecule has 0 N–H and O–H groups in total. The second-order valence-corrected chi connectivity index (χ2v) is 16.7. The summed E-state index contributed by atoms with van der Waals surface area (Å²) in [6, 6.07) is 34.5. The highest BCUT2D eigenvalue weighted by atomic mass is 32.2. The summed E-state index contributed by atoms with van der Waals surface area (Å²) >= 11 is 0. The molecular formula is C43H48N2O7S. The highest BCUT2D eigenvalue weighted by Gasteiger charge is 2.34. The van der Waals surface area contributed by atoms with Crippen molar-refractivity contribution in [1.82, 2.24) is 9.80 Å². The van der Waals surface area contributed by atoms with E-state index in [0.29, 0.717) is 31.3 Å². The maximum atomic E-state index is 12.7. The monoisotopic (exact) mass is 736 g/mol. The number of hydrogen-bond donors (Lipinski definition) is 0. The van der Waals surface area contributed by atoms with Crippen LogP contribution in [-0.4, -0.2) is 74.5 Å². The number of carbonyl (C=O) groups is 1. The Bertz CT molecular complexity index is 2130. The van der Waals surface area contributed by atoms with Gasteiger partial charge in [0.25, 0.3) is 0 Å². The van der Waals surface area contributed by atoms with Gasteiger partial charge in [-0.05, 0) is 112 Å². The van der Waals surface area contributed by atoms with Crippen molar-refractivity contribution in [3.63, 3.8) is 0 Å². The summed E-state index contributed by atoms with van der Waals surface area (Å²) in [6.07, 6.45) is 0.932. The molecule has 6 rings (SSSR count). The molecule has 53 heavy (non-hydrogen) atoms. The van der Waals surface area contributed by atoms with Crippen LogP contribution in [0.3, 0.4) is 0 Å². The SMILES string of the molecule is CC1CN(C(=O)OC(C)(C)C)[C@@H](C)CN1CCOc1ccc(Oc2c(-c3ccc(S(C)(=O)=O)cc3)ccc3cc(OCc4ccccc4)ccc23)cc1. The lowest BCUT2D eigenvalue weighted by molar-refractivity contribution is -0.0119. The van der Waals surface area contributed by atoms with Crippen LogP contribution >= 0.6 is 0 Å². The summed E-state index contributed by atoms with van der Waals surface area (Å²) in [5.41, 5.74) is 2.21. The van der Waals surface area contributed by atoms with Gasteiger partial charge in [0, 0.05) is 48.9 Å². The van der Waals surface area contributed by atoms with E-state index in [1.54, 1.807) is 24.3 Å². The molecule has 5 aromatic carbocycles. The number of rotatable bonds is 11. The Balaban J connectivity index is 1.15. The fraction of sp³-hybridized carbons (Fsp3) is 0.326. The molecule has 1 amide bonds. The van der Waals surface area contributed by atoms with Crippen molar-refractivity contribution < 1.29 is 32.2 Å². The molecule has 5 aromatic rings. The van der Waals surface area contributed by atoms with Gasteiger partial charge >= 0.3 is 6.09 Å². The van der Waals surface area contributed by atoms with Crippen LogP contribution in [0.2, 0.25) is 0 Å². The normalized spacial score (nSPS) is 16.7.